The predicted octanol–water partition coefficient (Wildman–Crippen LogP) is 4.73. The Hall–Kier alpha value is -2.02. The molecule has 2 aliphatic carbocycles. The van der Waals surface area contributed by atoms with Crippen molar-refractivity contribution >= 4 is 20.8 Å². The number of sulfonamides is 1. The monoisotopic (exact) mass is 453 g/mol. The molecular weight excluding hydrogens is 426 g/mol. The zero-order chi connectivity index (χ0) is 21.8. The maximum Gasteiger partial charge on any atom is 0.243 e. The SMILES string of the molecule is Cc1ccc([S@](=O)C2=C[C@H]3CN(S(=O)(=O)c4ccc(C)cc4)CC3=C3CCC[C@@H]23)cc1. The first-order chi connectivity index (χ1) is 14.8. The first-order valence-electron chi connectivity index (χ1n) is 10.8. The number of hydrogen-bond acceptors (Lipinski definition) is 3. The highest BCUT2D eigenvalue weighted by atomic mass is 32.2. The molecule has 0 N–H and O–H groups in total. The van der Waals surface area contributed by atoms with Gasteiger partial charge in [-0.2, -0.15) is 4.31 Å². The molecule has 162 valence electrons. The van der Waals surface area contributed by atoms with Crippen molar-refractivity contribution in [3.63, 3.8) is 0 Å². The number of fused-ring (bicyclic) bond motifs is 2. The van der Waals surface area contributed by atoms with Crippen molar-refractivity contribution in [2.75, 3.05) is 13.1 Å². The molecule has 4 nitrogen and oxygen atoms in total. The minimum atomic E-state index is -3.54. The van der Waals surface area contributed by atoms with Crippen LogP contribution in [0.5, 0.6) is 0 Å². The summed E-state index contributed by atoms with van der Waals surface area (Å²) in [4.78, 5) is 2.14. The third-order valence-corrected chi connectivity index (χ3v) is 10.2. The van der Waals surface area contributed by atoms with Crippen LogP contribution in [0.3, 0.4) is 0 Å². The normalized spacial score (nSPS) is 24.6. The Morgan fingerprint density at radius 2 is 1.58 bits per heavy atom. The van der Waals surface area contributed by atoms with Crippen molar-refractivity contribution in [3.05, 3.63) is 81.8 Å². The summed E-state index contributed by atoms with van der Waals surface area (Å²) in [7, 11) is -4.75. The fraction of sp³-hybridized carbons (Fsp3) is 0.360. The van der Waals surface area contributed by atoms with Crippen LogP contribution in [0, 0.1) is 25.7 Å². The van der Waals surface area contributed by atoms with Gasteiger partial charge in [0.2, 0.25) is 10.0 Å². The number of hydrogen-bond donors (Lipinski definition) is 0. The first kappa shape index (κ1) is 20.9. The van der Waals surface area contributed by atoms with E-state index in [2.05, 4.69) is 6.08 Å². The molecule has 5 rings (SSSR count). The van der Waals surface area contributed by atoms with E-state index in [1.54, 1.807) is 16.4 Å². The number of allylic oxidation sites excluding steroid dienone is 2. The van der Waals surface area contributed by atoms with E-state index in [0.29, 0.717) is 18.0 Å². The molecule has 0 amide bonds. The summed E-state index contributed by atoms with van der Waals surface area (Å²) in [5.41, 5.74) is 4.76. The van der Waals surface area contributed by atoms with E-state index in [9.17, 15) is 12.6 Å². The number of rotatable bonds is 4. The molecule has 0 unspecified atom stereocenters. The van der Waals surface area contributed by atoms with Gasteiger partial charge in [0.15, 0.2) is 0 Å². The lowest BCUT2D eigenvalue weighted by atomic mass is 9.85. The van der Waals surface area contributed by atoms with Gasteiger partial charge in [-0.25, -0.2) is 12.6 Å². The summed E-state index contributed by atoms with van der Waals surface area (Å²) in [6.45, 7) is 4.86. The zero-order valence-electron chi connectivity index (χ0n) is 17.9. The number of benzene rings is 2. The fourth-order valence-corrected chi connectivity index (χ4v) is 7.99. The lowest BCUT2D eigenvalue weighted by molar-refractivity contribution is 0.471. The van der Waals surface area contributed by atoms with Crippen LogP contribution in [0.4, 0.5) is 0 Å². The second-order valence-electron chi connectivity index (χ2n) is 8.86. The Kier molecular flexibility index (Phi) is 5.27. The van der Waals surface area contributed by atoms with Gasteiger partial charge in [-0.05, 0) is 62.9 Å². The molecule has 0 aromatic heterocycles. The predicted molar refractivity (Wildman–Crippen MR) is 123 cm³/mol. The quantitative estimate of drug-likeness (QED) is 0.629. The maximum absolute atomic E-state index is 13.5. The minimum Gasteiger partial charge on any atom is -0.249 e. The van der Waals surface area contributed by atoms with E-state index < -0.39 is 20.8 Å². The number of aryl methyl sites for hydroxylation is 2. The Bertz CT molecular complexity index is 1210. The largest absolute Gasteiger partial charge is 0.249 e. The van der Waals surface area contributed by atoms with Gasteiger partial charge in [0, 0.05) is 34.7 Å². The summed E-state index contributed by atoms with van der Waals surface area (Å²) in [6.07, 6.45) is 5.18. The Morgan fingerprint density at radius 3 is 2.26 bits per heavy atom. The second-order valence-corrected chi connectivity index (χ2v) is 12.3. The average molecular weight is 454 g/mol. The zero-order valence-corrected chi connectivity index (χ0v) is 19.5. The summed E-state index contributed by atoms with van der Waals surface area (Å²) in [6, 6.07) is 15.0. The van der Waals surface area contributed by atoms with Crippen LogP contribution in [0.2, 0.25) is 0 Å². The van der Waals surface area contributed by atoms with E-state index >= 15 is 0 Å². The molecule has 2 aromatic carbocycles. The van der Waals surface area contributed by atoms with Gasteiger partial charge in [-0.15, -0.1) is 0 Å². The van der Waals surface area contributed by atoms with Crippen molar-refractivity contribution in [2.45, 2.75) is 42.9 Å². The van der Waals surface area contributed by atoms with E-state index in [1.807, 2.05) is 50.2 Å². The first-order valence-corrected chi connectivity index (χ1v) is 13.4. The van der Waals surface area contributed by atoms with Crippen LogP contribution in [-0.4, -0.2) is 30.0 Å². The summed E-state index contributed by atoms with van der Waals surface area (Å²) < 4.78 is 41.6. The lowest BCUT2D eigenvalue weighted by Crippen LogP contribution is -2.28. The van der Waals surface area contributed by atoms with Gasteiger partial charge in [-0.3, -0.25) is 0 Å². The van der Waals surface area contributed by atoms with E-state index in [0.717, 1.165) is 40.2 Å². The van der Waals surface area contributed by atoms with E-state index in [-0.39, 0.29) is 11.8 Å². The molecular formula is C25H27NO3S2. The number of nitrogens with zero attached hydrogens (tertiary/aromatic N) is 1. The van der Waals surface area contributed by atoms with Gasteiger partial charge < -0.3 is 0 Å². The molecule has 31 heavy (non-hydrogen) atoms. The molecule has 2 fully saturated rings. The highest BCUT2D eigenvalue weighted by Gasteiger charge is 2.43. The van der Waals surface area contributed by atoms with Crippen LogP contribution >= 0.6 is 0 Å². The maximum atomic E-state index is 13.5. The average Bonchev–Trinajstić information content (AvgIpc) is 3.40. The third-order valence-electron chi connectivity index (χ3n) is 6.78. The van der Waals surface area contributed by atoms with Crippen molar-refractivity contribution in [2.24, 2.45) is 11.8 Å². The van der Waals surface area contributed by atoms with Crippen molar-refractivity contribution < 1.29 is 12.6 Å². The molecule has 1 saturated carbocycles. The topological polar surface area (TPSA) is 54.5 Å². The van der Waals surface area contributed by atoms with Crippen LogP contribution in [0.25, 0.3) is 0 Å². The van der Waals surface area contributed by atoms with E-state index in [4.69, 9.17) is 0 Å². The Morgan fingerprint density at radius 1 is 0.935 bits per heavy atom. The second kappa shape index (κ2) is 7.84. The lowest BCUT2D eigenvalue weighted by Gasteiger charge is -2.26. The van der Waals surface area contributed by atoms with Gasteiger partial charge in [0.1, 0.15) is 0 Å². The molecule has 3 aliphatic rings. The summed E-state index contributed by atoms with van der Waals surface area (Å²) in [5.74, 6) is 0.212. The molecule has 0 radical (unpaired) electrons. The molecule has 2 aromatic rings. The molecule has 1 saturated heterocycles. The molecule has 6 heteroatoms. The van der Waals surface area contributed by atoms with Gasteiger partial charge in [0.25, 0.3) is 0 Å². The van der Waals surface area contributed by atoms with Gasteiger partial charge >= 0.3 is 0 Å². The van der Waals surface area contributed by atoms with Crippen LogP contribution in [0.15, 0.2) is 80.4 Å². The Labute approximate surface area is 187 Å². The van der Waals surface area contributed by atoms with Crippen LogP contribution in [0.1, 0.15) is 30.4 Å². The van der Waals surface area contributed by atoms with Crippen molar-refractivity contribution in [3.8, 4) is 0 Å². The summed E-state index contributed by atoms with van der Waals surface area (Å²) >= 11 is 0. The van der Waals surface area contributed by atoms with E-state index in [1.165, 1.54) is 11.1 Å². The smallest absolute Gasteiger partial charge is 0.243 e. The minimum absolute atomic E-state index is 0.0222. The molecule has 1 heterocycles. The fourth-order valence-electron chi connectivity index (χ4n) is 5.08. The summed E-state index contributed by atoms with van der Waals surface area (Å²) in [5, 5.41) is 0. The van der Waals surface area contributed by atoms with Crippen molar-refractivity contribution in [1.82, 2.24) is 4.31 Å². The van der Waals surface area contributed by atoms with Gasteiger partial charge in [0.05, 0.1) is 15.7 Å². The molecule has 0 bridgehead atoms. The van der Waals surface area contributed by atoms with Crippen molar-refractivity contribution in [1.29, 1.82) is 0 Å². The molecule has 1 aliphatic heterocycles. The highest BCUT2D eigenvalue weighted by Crippen LogP contribution is 2.48. The highest BCUT2D eigenvalue weighted by molar-refractivity contribution is 7.89. The molecule has 0 spiro atoms. The van der Waals surface area contributed by atoms with Crippen LogP contribution < -0.4 is 0 Å². The molecule has 3 atom stereocenters. The van der Waals surface area contributed by atoms with Gasteiger partial charge in [-0.1, -0.05) is 47.0 Å². The standard InChI is InChI=1S/C25H27NO3S2/c1-17-6-10-20(11-7-17)30(27)25-14-19-15-26(16-24(19)22-4-3-5-23(22)25)31(28,29)21-12-8-18(2)9-13-21/h6-14,19,23H,3-5,15-16H2,1-2H3/t19-,23+,30-/m0/s1. The van der Waals surface area contributed by atoms with Crippen LogP contribution in [-0.2, 0) is 20.8 Å². The Balaban J connectivity index is 1.48. The third kappa shape index (κ3) is 3.65.